The van der Waals surface area contributed by atoms with Gasteiger partial charge in [0, 0.05) is 29.7 Å². The largest absolute Gasteiger partial charge is 0.375 e. The van der Waals surface area contributed by atoms with E-state index in [1.807, 2.05) is 27.7 Å². The number of aryl methyl sites for hydroxylation is 1. The Morgan fingerprint density at radius 3 is 2.52 bits per heavy atom. The van der Waals surface area contributed by atoms with E-state index in [1.165, 1.54) is 16.8 Å². The predicted molar refractivity (Wildman–Crippen MR) is 118 cm³/mol. The molecule has 0 radical (unpaired) electrons. The Morgan fingerprint density at radius 2 is 1.90 bits per heavy atom. The summed E-state index contributed by atoms with van der Waals surface area (Å²) in [6.45, 7) is 10.3. The monoisotopic (exact) mass is 448 g/mol. The fourth-order valence-corrected chi connectivity index (χ4v) is 4.23. The van der Waals surface area contributed by atoms with Gasteiger partial charge in [-0.2, -0.15) is 12.6 Å². The highest BCUT2D eigenvalue weighted by atomic mass is 32.1. The van der Waals surface area contributed by atoms with Gasteiger partial charge < -0.3 is 14.2 Å². The summed E-state index contributed by atoms with van der Waals surface area (Å²) in [5.74, 6) is 0. The third kappa shape index (κ3) is 11.0. The molecule has 1 atom stereocenters. The maximum absolute atomic E-state index is 12.1. The van der Waals surface area contributed by atoms with Crippen LogP contribution in [0.2, 0.25) is 0 Å². The average molecular weight is 449 g/mol. The molecule has 2 N–H and O–H groups in total. The molecule has 8 nitrogen and oxygen atoms in total. The fourth-order valence-electron chi connectivity index (χ4n) is 2.91. The van der Waals surface area contributed by atoms with Crippen molar-refractivity contribution < 1.29 is 18.7 Å². The zero-order valence-electron chi connectivity index (χ0n) is 17.8. The first-order chi connectivity index (χ1) is 13.2. The van der Waals surface area contributed by atoms with E-state index < -0.39 is 18.8 Å². The molecule has 0 aliphatic heterocycles. The second-order valence-corrected chi connectivity index (χ2v) is 11.4. The van der Waals surface area contributed by atoms with E-state index in [9.17, 15) is 19.0 Å². The van der Waals surface area contributed by atoms with Crippen molar-refractivity contribution in [1.82, 2.24) is 9.55 Å². The van der Waals surface area contributed by atoms with Crippen molar-refractivity contribution in [3.05, 3.63) is 44.8 Å². The molecule has 0 amide bonds. The fraction of sp³-hybridized carbons (Fsp3) is 0.684. The molecular weight excluding hydrogens is 415 g/mol. The third-order valence-electron chi connectivity index (χ3n) is 3.93. The highest BCUT2D eigenvalue weighted by Crippen LogP contribution is 2.41. The first-order valence-corrected chi connectivity index (χ1v) is 11.7. The molecule has 0 saturated carbocycles. The van der Waals surface area contributed by atoms with Crippen molar-refractivity contribution in [2.24, 2.45) is 0 Å². The first kappa shape index (κ1) is 25.9. The minimum atomic E-state index is -3.76. The van der Waals surface area contributed by atoms with Crippen LogP contribution < -0.4 is 11.2 Å². The Morgan fingerprint density at radius 1 is 1.24 bits per heavy atom. The molecular formula is C19H33N2O6PS. The molecule has 0 bridgehead atoms. The molecule has 29 heavy (non-hydrogen) atoms. The van der Waals surface area contributed by atoms with Gasteiger partial charge in [0.2, 0.25) is 0 Å². The lowest BCUT2D eigenvalue weighted by Crippen LogP contribution is -2.32. The summed E-state index contributed by atoms with van der Waals surface area (Å²) in [6, 6.07) is 0. The summed E-state index contributed by atoms with van der Waals surface area (Å²) >= 11 is 4.51. The highest BCUT2D eigenvalue weighted by molar-refractivity contribution is 7.81. The van der Waals surface area contributed by atoms with Crippen molar-refractivity contribution in [2.45, 2.75) is 64.4 Å². The van der Waals surface area contributed by atoms with E-state index in [0.29, 0.717) is 18.6 Å². The summed E-state index contributed by atoms with van der Waals surface area (Å²) in [7, 11) is -3.76. The van der Waals surface area contributed by atoms with Gasteiger partial charge in [-0.25, -0.2) is 4.79 Å². The summed E-state index contributed by atoms with van der Waals surface area (Å²) < 4.78 is 24.1. The van der Waals surface area contributed by atoms with Crippen LogP contribution in [0.3, 0.4) is 0 Å². The molecule has 1 aromatic rings. The second-order valence-electron chi connectivity index (χ2n) is 8.30. The van der Waals surface area contributed by atoms with Gasteiger partial charge >= 0.3 is 13.3 Å². The molecule has 0 aliphatic rings. The van der Waals surface area contributed by atoms with Crippen LogP contribution in [0.5, 0.6) is 0 Å². The first-order valence-electron chi connectivity index (χ1n) is 9.49. The molecule has 0 fully saturated rings. The Hall–Kier alpha value is -1.12. The van der Waals surface area contributed by atoms with Crippen LogP contribution in [0, 0.1) is 6.92 Å². The SMILES string of the molecule is Cc1cn(C/C=C/CP(=O)(O)OCCCOC(C)(C)CC(C)(C)S)c(=O)[nH]c1=O. The Balaban J connectivity index is 2.36. The minimum absolute atomic E-state index is 0.112. The van der Waals surface area contributed by atoms with Gasteiger partial charge in [-0.1, -0.05) is 26.0 Å². The van der Waals surface area contributed by atoms with Crippen LogP contribution in [0.25, 0.3) is 0 Å². The quantitative estimate of drug-likeness (QED) is 0.196. The summed E-state index contributed by atoms with van der Waals surface area (Å²) in [4.78, 5) is 35.1. The van der Waals surface area contributed by atoms with Crippen LogP contribution in [0.1, 0.15) is 46.1 Å². The van der Waals surface area contributed by atoms with E-state index in [4.69, 9.17) is 9.26 Å². The van der Waals surface area contributed by atoms with Crippen LogP contribution in [0.15, 0.2) is 27.9 Å². The molecule has 0 aromatic carbocycles. The molecule has 0 saturated heterocycles. The number of ether oxygens (including phenoxy) is 1. The second kappa shape index (κ2) is 10.8. The normalized spacial score (nSPS) is 15.0. The average Bonchev–Trinajstić information content (AvgIpc) is 2.53. The molecule has 1 heterocycles. The maximum atomic E-state index is 12.1. The number of nitrogens with one attached hydrogen (secondary N) is 1. The van der Waals surface area contributed by atoms with Gasteiger partial charge in [-0.3, -0.25) is 18.9 Å². The van der Waals surface area contributed by atoms with Gasteiger partial charge in [-0.15, -0.1) is 0 Å². The topological polar surface area (TPSA) is 111 Å². The number of aromatic amines is 1. The Kier molecular flexibility index (Phi) is 9.63. The number of allylic oxidation sites excluding steroid dienone is 2. The molecule has 0 spiro atoms. The van der Waals surface area contributed by atoms with Gasteiger partial charge in [0.25, 0.3) is 5.56 Å². The van der Waals surface area contributed by atoms with E-state index in [2.05, 4.69) is 17.6 Å². The third-order valence-corrected chi connectivity index (χ3v) is 5.34. The van der Waals surface area contributed by atoms with Gasteiger partial charge in [0.15, 0.2) is 0 Å². The number of thiol groups is 1. The molecule has 1 unspecified atom stereocenters. The summed E-state index contributed by atoms with van der Waals surface area (Å²) in [5, 5.41) is 0. The van der Waals surface area contributed by atoms with Gasteiger partial charge in [0.1, 0.15) is 0 Å². The zero-order valence-corrected chi connectivity index (χ0v) is 19.6. The van der Waals surface area contributed by atoms with Crippen LogP contribution >= 0.6 is 20.2 Å². The molecule has 10 heteroatoms. The van der Waals surface area contributed by atoms with Crippen molar-refractivity contribution in [1.29, 1.82) is 0 Å². The van der Waals surface area contributed by atoms with E-state index in [1.54, 1.807) is 13.0 Å². The van der Waals surface area contributed by atoms with Crippen molar-refractivity contribution in [3.8, 4) is 0 Å². The Labute approximate surface area is 177 Å². The van der Waals surface area contributed by atoms with E-state index in [-0.39, 0.29) is 29.7 Å². The number of hydrogen-bond acceptors (Lipinski definition) is 6. The number of H-pyrrole nitrogens is 1. The van der Waals surface area contributed by atoms with Crippen LogP contribution in [-0.2, 0) is 20.4 Å². The molecule has 0 aliphatic carbocycles. The summed E-state index contributed by atoms with van der Waals surface area (Å²) in [6.07, 6.45) is 5.61. The van der Waals surface area contributed by atoms with Crippen LogP contribution in [0.4, 0.5) is 0 Å². The van der Waals surface area contributed by atoms with Crippen molar-refractivity contribution >= 4 is 20.2 Å². The van der Waals surface area contributed by atoms with Gasteiger partial charge in [0.05, 0.1) is 18.4 Å². The molecule has 1 aromatic heterocycles. The predicted octanol–water partition coefficient (Wildman–Crippen LogP) is 2.89. The highest BCUT2D eigenvalue weighted by Gasteiger charge is 2.26. The number of hydrogen-bond donors (Lipinski definition) is 3. The number of aromatic nitrogens is 2. The van der Waals surface area contributed by atoms with Gasteiger partial charge in [-0.05, 0) is 33.6 Å². The lowest BCUT2D eigenvalue weighted by atomic mass is 9.95. The molecule has 1 rings (SSSR count). The summed E-state index contributed by atoms with van der Waals surface area (Å²) in [5.41, 5.74) is -0.879. The van der Waals surface area contributed by atoms with Crippen molar-refractivity contribution in [2.75, 3.05) is 19.4 Å². The Bertz CT molecular complexity index is 853. The van der Waals surface area contributed by atoms with E-state index >= 15 is 0 Å². The number of rotatable bonds is 12. The maximum Gasteiger partial charge on any atom is 0.331 e. The molecule has 166 valence electrons. The van der Waals surface area contributed by atoms with Crippen molar-refractivity contribution in [3.63, 3.8) is 0 Å². The number of nitrogens with zero attached hydrogens (tertiary/aromatic N) is 1. The lowest BCUT2D eigenvalue weighted by Gasteiger charge is -2.32. The zero-order chi connectivity index (χ0) is 22.3. The smallest absolute Gasteiger partial charge is 0.331 e. The standard InChI is InChI=1S/C19H33N2O6PS/c1-15-13-21(17(23)20-16(15)22)9-6-7-12-28(24,25)27-11-8-10-26-18(2,3)14-19(4,5)29/h6-7,13,29H,8-12,14H2,1-5H3,(H,24,25)(H,20,22,23)/b7-6+. The lowest BCUT2D eigenvalue weighted by molar-refractivity contribution is -0.0320. The van der Waals surface area contributed by atoms with Crippen LogP contribution in [-0.4, -0.2) is 44.2 Å². The van der Waals surface area contributed by atoms with E-state index in [0.717, 1.165) is 6.42 Å². The minimum Gasteiger partial charge on any atom is -0.375 e.